The first-order valence-corrected chi connectivity index (χ1v) is 20.7. The van der Waals surface area contributed by atoms with Crippen molar-refractivity contribution in [3.63, 3.8) is 0 Å². The largest absolute Gasteiger partial charge is 0.483 e. The maximum absolute atomic E-state index is 14.2. The van der Waals surface area contributed by atoms with Crippen LogP contribution in [-0.4, -0.2) is 37.5 Å². The van der Waals surface area contributed by atoms with Crippen LogP contribution < -0.4 is 4.74 Å². The molecule has 2 atom stereocenters. The van der Waals surface area contributed by atoms with E-state index in [1.165, 1.54) is 76.2 Å². The Balaban J connectivity index is 1.42. The van der Waals surface area contributed by atoms with Crippen molar-refractivity contribution in [2.24, 2.45) is 5.41 Å². The summed E-state index contributed by atoms with van der Waals surface area (Å²) < 4.78 is 77.6. The Labute approximate surface area is 300 Å². The van der Waals surface area contributed by atoms with Crippen molar-refractivity contribution >= 4 is 21.0 Å². The molecule has 0 radical (unpaired) electrons. The summed E-state index contributed by atoms with van der Waals surface area (Å²) in [6, 6.07) is 24.0. The van der Waals surface area contributed by atoms with Crippen LogP contribution in [0.25, 0.3) is 0 Å². The van der Waals surface area contributed by atoms with E-state index >= 15 is 0 Å². The van der Waals surface area contributed by atoms with Gasteiger partial charge in [-0.1, -0.05) is 83.8 Å². The number of hydrogen-bond donors (Lipinski definition) is 1. The summed E-state index contributed by atoms with van der Waals surface area (Å²) in [5.74, 6) is -0.226. The van der Waals surface area contributed by atoms with E-state index in [4.69, 9.17) is 18.8 Å². The first-order chi connectivity index (χ1) is 23.7. The van der Waals surface area contributed by atoms with E-state index in [0.717, 1.165) is 27.2 Å². The second-order valence-corrected chi connectivity index (χ2v) is 18.3. The summed E-state index contributed by atoms with van der Waals surface area (Å²) in [6.45, 7) is 8.28. The fraction of sp³-hybridized carbons (Fsp3) is 0.550. The molecule has 1 N–H and O–H groups in total. The lowest BCUT2D eigenvalue weighted by molar-refractivity contribution is -0.298. The van der Waals surface area contributed by atoms with E-state index < -0.39 is 38.2 Å². The fourth-order valence-electron chi connectivity index (χ4n) is 6.73. The van der Waals surface area contributed by atoms with Crippen molar-refractivity contribution < 1.29 is 36.0 Å². The molecule has 3 aromatic rings. The lowest BCUT2D eigenvalue weighted by Gasteiger charge is -2.41. The average molecular weight is 732 g/mol. The van der Waals surface area contributed by atoms with Crippen LogP contribution >= 0.6 is 0 Å². The molecule has 1 saturated heterocycles. The number of ether oxygens (including phenoxy) is 3. The van der Waals surface area contributed by atoms with Gasteiger partial charge in [0, 0.05) is 11.0 Å². The highest BCUT2D eigenvalue weighted by Gasteiger charge is 2.51. The molecule has 3 aromatic carbocycles. The van der Waals surface area contributed by atoms with Gasteiger partial charge in [-0.15, -0.1) is 0 Å². The van der Waals surface area contributed by atoms with Crippen LogP contribution in [0.1, 0.15) is 115 Å². The molecule has 50 heavy (non-hydrogen) atoms. The lowest BCUT2D eigenvalue weighted by atomic mass is 9.87. The topological polar surface area (TPSA) is 82.1 Å². The lowest BCUT2D eigenvalue weighted by Crippen LogP contribution is -2.43. The molecule has 2 aliphatic rings. The minimum Gasteiger partial charge on any atom is -0.483 e. The zero-order valence-corrected chi connectivity index (χ0v) is 31.5. The van der Waals surface area contributed by atoms with Crippen molar-refractivity contribution in [3.8, 4) is 5.75 Å². The maximum Gasteiger partial charge on any atom is 0.405 e. The number of benzene rings is 3. The zero-order valence-electron chi connectivity index (χ0n) is 29.8. The third kappa shape index (κ3) is 9.68. The molecule has 5 rings (SSSR count). The van der Waals surface area contributed by atoms with Gasteiger partial charge in [0.1, 0.15) is 5.75 Å². The quantitative estimate of drug-likeness (QED) is 0.174. The summed E-state index contributed by atoms with van der Waals surface area (Å²) in [5.41, 5.74) is 2.25. The van der Waals surface area contributed by atoms with Crippen LogP contribution in [0, 0.1) is 5.41 Å². The van der Waals surface area contributed by atoms with Gasteiger partial charge >= 0.3 is 15.4 Å². The Morgan fingerprint density at radius 2 is 1.16 bits per heavy atom. The molecule has 10 heteroatoms. The molecule has 1 aliphatic carbocycles. The SMILES string of the molecule is CC(Oc1ccc([S+](c2ccc(C3CCCCCCCCCCC3)cc2)c2ccc(C3(C)OCC(C)(C)CO3)cc2)cc1)C(F)(F)S(=O)(=O)O. The second kappa shape index (κ2) is 16.4. The van der Waals surface area contributed by atoms with Gasteiger partial charge in [-0.05, 0) is 98.8 Å². The van der Waals surface area contributed by atoms with Gasteiger partial charge in [-0.3, -0.25) is 4.55 Å². The molecule has 1 saturated carbocycles. The van der Waals surface area contributed by atoms with E-state index in [1.54, 1.807) is 12.1 Å². The van der Waals surface area contributed by atoms with Crippen molar-refractivity contribution in [2.75, 3.05) is 13.2 Å². The first-order valence-electron chi connectivity index (χ1n) is 18.0. The molecule has 0 bridgehead atoms. The average Bonchev–Trinajstić information content (AvgIpc) is 3.07. The van der Waals surface area contributed by atoms with Crippen LogP contribution in [-0.2, 0) is 36.3 Å². The highest BCUT2D eigenvalue weighted by Crippen LogP contribution is 2.39. The number of hydrogen-bond acceptors (Lipinski definition) is 5. The Kier molecular flexibility index (Phi) is 12.7. The molecule has 1 heterocycles. The van der Waals surface area contributed by atoms with E-state index in [1.807, 2.05) is 31.2 Å². The normalized spacial score (nSPS) is 20.9. The van der Waals surface area contributed by atoms with E-state index in [2.05, 4.69) is 50.2 Å². The van der Waals surface area contributed by atoms with Crippen LogP contribution in [0.5, 0.6) is 5.75 Å². The van der Waals surface area contributed by atoms with Crippen LogP contribution in [0.2, 0.25) is 0 Å². The van der Waals surface area contributed by atoms with E-state index in [-0.39, 0.29) is 11.2 Å². The molecular weight excluding hydrogens is 679 g/mol. The molecular formula is C40H53F2O6S2+. The van der Waals surface area contributed by atoms with Gasteiger partial charge in [-0.2, -0.15) is 17.2 Å². The summed E-state index contributed by atoms with van der Waals surface area (Å²) >= 11 is 0. The summed E-state index contributed by atoms with van der Waals surface area (Å²) in [4.78, 5) is 3.12. The van der Waals surface area contributed by atoms with Crippen molar-refractivity contribution in [1.29, 1.82) is 0 Å². The van der Waals surface area contributed by atoms with Crippen LogP contribution in [0.15, 0.2) is 87.5 Å². The number of rotatable bonds is 9. The fourth-order valence-corrected chi connectivity index (χ4v) is 9.24. The standard InChI is InChI=1S/C40H52F2O6S2/c1-30(40(41,42)50(43,44)45)48-34-20-26-37(27-21-34)49(36-24-18-33(19-25-36)39(4)46-28-38(2,3)29-47-39)35-22-16-32(17-23-35)31-14-12-10-8-6-5-7-9-11-13-15-31/h16-27,30-31H,5-15,28-29H2,1-4H3/p+1. The van der Waals surface area contributed by atoms with Gasteiger partial charge in [-0.25, -0.2) is 0 Å². The molecule has 2 fully saturated rings. The predicted octanol–water partition coefficient (Wildman–Crippen LogP) is 10.7. The zero-order chi connectivity index (χ0) is 36.0. The van der Waals surface area contributed by atoms with Crippen molar-refractivity contribution in [1.82, 2.24) is 0 Å². The third-order valence-corrected chi connectivity index (χ3v) is 13.2. The summed E-state index contributed by atoms with van der Waals surface area (Å²) in [5, 5.41) is -4.45. The molecule has 0 aromatic heterocycles. The third-order valence-electron chi connectivity index (χ3n) is 9.97. The summed E-state index contributed by atoms with van der Waals surface area (Å²) in [7, 11) is -6.19. The summed E-state index contributed by atoms with van der Waals surface area (Å²) in [6.07, 6.45) is 12.2. The van der Waals surface area contributed by atoms with Crippen LogP contribution in [0.4, 0.5) is 8.78 Å². The highest BCUT2D eigenvalue weighted by atomic mass is 32.2. The monoisotopic (exact) mass is 731 g/mol. The molecule has 0 amide bonds. The van der Waals surface area contributed by atoms with Gasteiger partial charge in [0.25, 0.3) is 0 Å². The second-order valence-electron chi connectivity index (χ2n) is 14.8. The molecule has 274 valence electrons. The Bertz CT molecular complexity index is 1600. The Morgan fingerprint density at radius 1 is 0.740 bits per heavy atom. The Hall–Kier alpha value is -2.50. The van der Waals surface area contributed by atoms with E-state index in [0.29, 0.717) is 19.1 Å². The predicted molar refractivity (Wildman–Crippen MR) is 195 cm³/mol. The van der Waals surface area contributed by atoms with E-state index in [9.17, 15) is 17.2 Å². The molecule has 2 unspecified atom stereocenters. The number of alkyl halides is 2. The first kappa shape index (κ1) is 38.7. The van der Waals surface area contributed by atoms with Gasteiger partial charge in [0.15, 0.2) is 26.6 Å². The highest BCUT2D eigenvalue weighted by molar-refractivity contribution is 7.97. The molecule has 1 aliphatic heterocycles. The maximum atomic E-state index is 14.2. The molecule has 6 nitrogen and oxygen atoms in total. The number of halogens is 2. The van der Waals surface area contributed by atoms with Crippen molar-refractivity contribution in [2.45, 2.75) is 136 Å². The molecule has 0 spiro atoms. The van der Waals surface area contributed by atoms with Crippen LogP contribution in [0.3, 0.4) is 0 Å². The van der Waals surface area contributed by atoms with Gasteiger partial charge < -0.3 is 14.2 Å². The van der Waals surface area contributed by atoms with Gasteiger partial charge in [0.05, 0.1) is 24.1 Å². The smallest absolute Gasteiger partial charge is 0.405 e. The van der Waals surface area contributed by atoms with Crippen molar-refractivity contribution in [3.05, 3.63) is 83.9 Å². The minimum absolute atomic E-state index is 0.0544. The Morgan fingerprint density at radius 3 is 1.62 bits per heavy atom. The minimum atomic E-state index is -5.63. The van der Waals surface area contributed by atoms with Gasteiger partial charge in [0.2, 0.25) is 0 Å².